The van der Waals surface area contributed by atoms with Gasteiger partial charge in [-0.1, -0.05) is 6.92 Å². The summed E-state index contributed by atoms with van der Waals surface area (Å²) in [5.74, 6) is 0.338. The first-order valence-corrected chi connectivity index (χ1v) is 7.83. The number of nitrogens with one attached hydrogen (secondary N) is 2. The van der Waals surface area contributed by atoms with Crippen LogP contribution >= 0.6 is 0 Å². The first-order chi connectivity index (χ1) is 9.27. The number of aryl methyl sites for hydroxylation is 3. The van der Waals surface area contributed by atoms with Gasteiger partial charge in [-0.05, 0) is 27.2 Å². The third-order valence-electron chi connectivity index (χ3n) is 3.41. The lowest BCUT2D eigenvalue weighted by atomic mass is 10.2. The van der Waals surface area contributed by atoms with E-state index in [4.69, 9.17) is 0 Å². The summed E-state index contributed by atoms with van der Waals surface area (Å²) in [6.07, 6.45) is 0.769. The Morgan fingerprint density at radius 2 is 1.95 bits per heavy atom. The molecule has 2 aromatic rings. The predicted octanol–water partition coefficient (Wildman–Crippen LogP) is 1.43. The molecule has 0 aromatic carbocycles. The summed E-state index contributed by atoms with van der Waals surface area (Å²) in [6, 6.07) is 0. The van der Waals surface area contributed by atoms with Crippen molar-refractivity contribution in [2.45, 2.75) is 39.0 Å². The first kappa shape index (κ1) is 14.6. The minimum atomic E-state index is -3.69. The lowest BCUT2D eigenvalue weighted by molar-refractivity contribution is 0.599. The monoisotopic (exact) mass is 297 g/mol. The Hall–Kier alpha value is -1.83. The SMILES string of the molecule is CCc1[nH]nc(NS(=O)(=O)c2c(C)nn(C)c2C)c1C. The molecule has 2 heterocycles. The van der Waals surface area contributed by atoms with Gasteiger partial charge in [0.2, 0.25) is 0 Å². The summed E-state index contributed by atoms with van der Waals surface area (Å²) in [7, 11) is -1.97. The van der Waals surface area contributed by atoms with E-state index in [2.05, 4.69) is 20.0 Å². The van der Waals surface area contributed by atoms with Crippen LogP contribution in [0.1, 0.15) is 29.6 Å². The Balaban J connectivity index is 2.43. The molecule has 0 saturated heterocycles. The van der Waals surface area contributed by atoms with E-state index in [1.54, 1.807) is 25.6 Å². The van der Waals surface area contributed by atoms with Crippen LogP contribution in [0.2, 0.25) is 0 Å². The highest BCUT2D eigenvalue weighted by Gasteiger charge is 2.25. The Labute approximate surface area is 118 Å². The second kappa shape index (κ2) is 4.93. The molecular formula is C12H19N5O2S. The Morgan fingerprint density at radius 1 is 1.30 bits per heavy atom. The molecule has 0 bridgehead atoms. The van der Waals surface area contributed by atoms with Crippen molar-refractivity contribution in [1.82, 2.24) is 20.0 Å². The van der Waals surface area contributed by atoms with Crippen LogP contribution < -0.4 is 4.72 Å². The molecule has 2 aromatic heterocycles. The molecule has 7 nitrogen and oxygen atoms in total. The van der Waals surface area contributed by atoms with Gasteiger partial charge in [0, 0.05) is 18.3 Å². The molecule has 0 fully saturated rings. The molecule has 20 heavy (non-hydrogen) atoms. The summed E-state index contributed by atoms with van der Waals surface area (Å²) in [6.45, 7) is 7.22. The van der Waals surface area contributed by atoms with Crippen LogP contribution in [0.5, 0.6) is 0 Å². The highest BCUT2D eigenvalue weighted by Crippen LogP contribution is 2.23. The smallest absolute Gasteiger partial charge is 0.266 e. The molecule has 0 aliphatic heterocycles. The molecule has 0 aliphatic carbocycles. The summed E-state index contributed by atoms with van der Waals surface area (Å²) in [5, 5.41) is 11.0. The number of nitrogens with zero attached hydrogens (tertiary/aromatic N) is 3. The molecule has 110 valence electrons. The van der Waals surface area contributed by atoms with E-state index >= 15 is 0 Å². The van der Waals surface area contributed by atoms with Crippen molar-refractivity contribution in [3.8, 4) is 0 Å². The number of hydrogen-bond donors (Lipinski definition) is 2. The molecule has 0 radical (unpaired) electrons. The molecular weight excluding hydrogens is 278 g/mol. The van der Waals surface area contributed by atoms with Crippen LogP contribution in [-0.2, 0) is 23.5 Å². The van der Waals surface area contributed by atoms with Gasteiger partial charge in [-0.2, -0.15) is 10.2 Å². The zero-order valence-electron chi connectivity index (χ0n) is 12.3. The molecule has 0 atom stereocenters. The lowest BCUT2D eigenvalue weighted by Crippen LogP contribution is -2.15. The van der Waals surface area contributed by atoms with Crippen molar-refractivity contribution in [2.24, 2.45) is 7.05 Å². The third kappa shape index (κ3) is 2.31. The van der Waals surface area contributed by atoms with Crippen molar-refractivity contribution in [2.75, 3.05) is 4.72 Å². The Morgan fingerprint density at radius 3 is 2.40 bits per heavy atom. The Kier molecular flexibility index (Phi) is 3.59. The summed E-state index contributed by atoms with van der Waals surface area (Å²) in [4.78, 5) is 0.209. The number of H-pyrrole nitrogens is 1. The van der Waals surface area contributed by atoms with Crippen LogP contribution in [0.25, 0.3) is 0 Å². The minimum absolute atomic E-state index is 0.209. The normalized spacial score (nSPS) is 11.8. The van der Waals surface area contributed by atoms with Crippen molar-refractivity contribution >= 4 is 15.8 Å². The fraction of sp³-hybridized carbons (Fsp3) is 0.500. The van der Waals surface area contributed by atoms with Gasteiger partial charge in [0.05, 0.1) is 11.4 Å². The fourth-order valence-electron chi connectivity index (χ4n) is 2.20. The van der Waals surface area contributed by atoms with Crippen LogP contribution in [0, 0.1) is 20.8 Å². The van der Waals surface area contributed by atoms with Crippen LogP contribution in [0.4, 0.5) is 5.82 Å². The molecule has 0 spiro atoms. The van der Waals surface area contributed by atoms with Gasteiger partial charge in [0.25, 0.3) is 10.0 Å². The predicted molar refractivity (Wildman–Crippen MR) is 76.2 cm³/mol. The summed E-state index contributed by atoms with van der Waals surface area (Å²) >= 11 is 0. The van der Waals surface area contributed by atoms with E-state index in [9.17, 15) is 8.42 Å². The standard InChI is InChI=1S/C12H19N5O2S/c1-6-10-7(2)12(14-13-10)16-20(18,19)11-8(3)15-17(5)9(11)4/h6H2,1-5H3,(H2,13,14,16). The quantitative estimate of drug-likeness (QED) is 0.893. The van der Waals surface area contributed by atoms with E-state index in [0.29, 0.717) is 17.2 Å². The van der Waals surface area contributed by atoms with Gasteiger partial charge in [-0.25, -0.2) is 8.42 Å². The number of anilines is 1. The molecule has 0 aliphatic rings. The zero-order valence-corrected chi connectivity index (χ0v) is 13.1. The fourth-order valence-corrected chi connectivity index (χ4v) is 3.71. The molecule has 2 N–H and O–H groups in total. The van der Waals surface area contributed by atoms with E-state index in [1.165, 1.54) is 0 Å². The summed E-state index contributed by atoms with van der Waals surface area (Å²) < 4.78 is 29.1. The van der Waals surface area contributed by atoms with E-state index in [1.807, 2.05) is 13.8 Å². The van der Waals surface area contributed by atoms with Crippen LogP contribution in [-0.4, -0.2) is 28.4 Å². The topological polar surface area (TPSA) is 92.7 Å². The van der Waals surface area contributed by atoms with Crippen molar-refractivity contribution in [3.05, 3.63) is 22.6 Å². The van der Waals surface area contributed by atoms with Gasteiger partial charge < -0.3 is 0 Å². The average molecular weight is 297 g/mol. The molecule has 0 saturated carbocycles. The molecule has 8 heteroatoms. The first-order valence-electron chi connectivity index (χ1n) is 6.34. The maximum Gasteiger partial charge on any atom is 0.266 e. The zero-order chi connectivity index (χ0) is 15.1. The van der Waals surface area contributed by atoms with Crippen LogP contribution in [0.15, 0.2) is 4.90 Å². The minimum Gasteiger partial charge on any atom is -0.280 e. The maximum absolute atomic E-state index is 12.5. The maximum atomic E-state index is 12.5. The number of hydrogen-bond acceptors (Lipinski definition) is 4. The van der Waals surface area contributed by atoms with Gasteiger partial charge in [0.15, 0.2) is 5.82 Å². The van der Waals surface area contributed by atoms with E-state index in [-0.39, 0.29) is 4.90 Å². The van der Waals surface area contributed by atoms with Gasteiger partial charge in [-0.15, -0.1) is 0 Å². The Bertz CT molecular complexity index is 742. The number of rotatable bonds is 4. The van der Waals surface area contributed by atoms with E-state index < -0.39 is 10.0 Å². The summed E-state index contributed by atoms with van der Waals surface area (Å²) in [5.41, 5.74) is 2.80. The molecule has 2 rings (SSSR count). The lowest BCUT2D eigenvalue weighted by Gasteiger charge is -2.07. The average Bonchev–Trinajstić information content (AvgIpc) is 2.81. The number of sulfonamides is 1. The van der Waals surface area contributed by atoms with Gasteiger partial charge in [-0.3, -0.25) is 14.5 Å². The van der Waals surface area contributed by atoms with Crippen molar-refractivity contribution in [3.63, 3.8) is 0 Å². The molecule has 0 unspecified atom stereocenters. The van der Waals surface area contributed by atoms with Crippen molar-refractivity contribution in [1.29, 1.82) is 0 Å². The number of aromatic nitrogens is 4. The highest BCUT2D eigenvalue weighted by molar-refractivity contribution is 7.92. The highest BCUT2D eigenvalue weighted by atomic mass is 32.2. The number of aromatic amines is 1. The van der Waals surface area contributed by atoms with E-state index in [0.717, 1.165) is 17.7 Å². The van der Waals surface area contributed by atoms with Crippen LogP contribution in [0.3, 0.4) is 0 Å². The largest absolute Gasteiger partial charge is 0.280 e. The second-order valence-corrected chi connectivity index (χ2v) is 6.38. The second-order valence-electron chi connectivity index (χ2n) is 4.76. The van der Waals surface area contributed by atoms with Crippen molar-refractivity contribution < 1.29 is 8.42 Å². The third-order valence-corrected chi connectivity index (χ3v) is 5.00. The molecule has 0 amide bonds. The van der Waals surface area contributed by atoms with Gasteiger partial charge >= 0.3 is 0 Å². The van der Waals surface area contributed by atoms with Gasteiger partial charge in [0.1, 0.15) is 4.90 Å².